The van der Waals surface area contributed by atoms with Crippen molar-refractivity contribution in [3.63, 3.8) is 0 Å². The number of anilines is 1. The third-order valence-electron chi connectivity index (χ3n) is 3.97. The van der Waals surface area contributed by atoms with Gasteiger partial charge in [-0.1, -0.05) is 44.2 Å². The van der Waals surface area contributed by atoms with E-state index in [0.717, 1.165) is 35.4 Å². The van der Waals surface area contributed by atoms with Crippen LogP contribution in [-0.2, 0) is 12.8 Å². The highest BCUT2D eigenvalue weighted by molar-refractivity contribution is 5.91. The molecule has 2 amide bonds. The summed E-state index contributed by atoms with van der Waals surface area (Å²) in [5.74, 6) is 0.821. The van der Waals surface area contributed by atoms with Gasteiger partial charge in [0, 0.05) is 5.69 Å². The summed E-state index contributed by atoms with van der Waals surface area (Å²) in [6, 6.07) is 13.9. The lowest BCUT2D eigenvalue weighted by Gasteiger charge is -2.14. The molecule has 128 valence electrons. The first-order valence-electron chi connectivity index (χ1n) is 8.49. The summed E-state index contributed by atoms with van der Waals surface area (Å²) in [5, 5.41) is 5.77. The molecule has 4 heteroatoms. The van der Waals surface area contributed by atoms with Gasteiger partial charge >= 0.3 is 6.03 Å². The van der Waals surface area contributed by atoms with E-state index in [1.807, 2.05) is 37.3 Å². The van der Waals surface area contributed by atoms with Crippen LogP contribution in [0.1, 0.15) is 30.5 Å². The topological polar surface area (TPSA) is 50.4 Å². The molecular formula is C20H26N2O2. The quantitative estimate of drug-likeness (QED) is 0.745. The second-order valence-electron chi connectivity index (χ2n) is 5.69. The fourth-order valence-corrected chi connectivity index (χ4v) is 2.51. The zero-order valence-electron chi connectivity index (χ0n) is 14.7. The number of hydrogen-bond acceptors (Lipinski definition) is 2. The van der Waals surface area contributed by atoms with Gasteiger partial charge in [-0.2, -0.15) is 0 Å². The molecule has 0 spiro atoms. The van der Waals surface area contributed by atoms with Crippen LogP contribution in [0.2, 0.25) is 0 Å². The van der Waals surface area contributed by atoms with Gasteiger partial charge in [-0.25, -0.2) is 4.79 Å². The van der Waals surface area contributed by atoms with E-state index >= 15 is 0 Å². The Labute approximate surface area is 144 Å². The number of aryl methyl sites for hydroxylation is 3. The normalized spacial score (nSPS) is 10.3. The van der Waals surface area contributed by atoms with Crippen LogP contribution in [0, 0.1) is 6.92 Å². The molecule has 2 aromatic rings. The molecule has 0 radical (unpaired) electrons. The molecule has 0 saturated carbocycles. The van der Waals surface area contributed by atoms with Crippen LogP contribution in [0.15, 0.2) is 42.5 Å². The minimum atomic E-state index is -0.205. The molecule has 0 saturated heterocycles. The highest BCUT2D eigenvalue weighted by atomic mass is 16.5. The van der Waals surface area contributed by atoms with E-state index in [-0.39, 0.29) is 6.03 Å². The smallest absolute Gasteiger partial charge is 0.319 e. The van der Waals surface area contributed by atoms with Gasteiger partial charge in [-0.05, 0) is 48.6 Å². The number of para-hydroxylation sites is 1. The molecule has 2 N–H and O–H groups in total. The molecule has 2 aromatic carbocycles. The van der Waals surface area contributed by atoms with E-state index in [0.29, 0.717) is 13.2 Å². The maximum absolute atomic E-state index is 12.0. The van der Waals surface area contributed by atoms with Crippen molar-refractivity contribution in [3.05, 3.63) is 59.2 Å². The van der Waals surface area contributed by atoms with E-state index < -0.39 is 0 Å². The van der Waals surface area contributed by atoms with Gasteiger partial charge in [0.15, 0.2) is 0 Å². The zero-order valence-corrected chi connectivity index (χ0v) is 14.7. The first-order valence-corrected chi connectivity index (χ1v) is 8.49. The summed E-state index contributed by atoms with van der Waals surface area (Å²) in [7, 11) is 0. The first-order chi connectivity index (χ1) is 11.6. The van der Waals surface area contributed by atoms with E-state index in [1.165, 1.54) is 5.56 Å². The van der Waals surface area contributed by atoms with Gasteiger partial charge in [0.1, 0.15) is 12.4 Å². The molecule has 0 aliphatic heterocycles. The summed E-state index contributed by atoms with van der Waals surface area (Å²) < 4.78 is 5.63. The second-order valence-corrected chi connectivity index (χ2v) is 5.69. The third kappa shape index (κ3) is 5.01. The van der Waals surface area contributed by atoms with E-state index in [2.05, 4.69) is 36.6 Å². The summed E-state index contributed by atoms with van der Waals surface area (Å²) >= 11 is 0. The molecule has 0 aliphatic carbocycles. The fraction of sp³-hybridized carbons (Fsp3) is 0.350. The number of carbonyl (C=O) groups is 1. The Morgan fingerprint density at radius 2 is 1.79 bits per heavy atom. The molecule has 0 unspecified atom stereocenters. The Hall–Kier alpha value is -2.49. The van der Waals surface area contributed by atoms with Crippen molar-refractivity contribution < 1.29 is 9.53 Å². The molecular weight excluding hydrogens is 300 g/mol. The van der Waals surface area contributed by atoms with Gasteiger partial charge in [0.05, 0.1) is 6.54 Å². The molecule has 4 nitrogen and oxygen atoms in total. The predicted octanol–water partition coefficient (Wildman–Crippen LogP) is 4.32. The van der Waals surface area contributed by atoms with Crippen LogP contribution >= 0.6 is 0 Å². The number of nitrogens with one attached hydrogen (secondary N) is 2. The Morgan fingerprint density at radius 1 is 1.04 bits per heavy atom. The highest BCUT2D eigenvalue weighted by Crippen LogP contribution is 2.20. The summed E-state index contributed by atoms with van der Waals surface area (Å²) in [6.45, 7) is 7.09. The van der Waals surface area contributed by atoms with Crippen molar-refractivity contribution >= 4 is 11.7 Å². The largest absolute Gasteiger partial charge is 0.492 e. The van der Waals surface area contributed by atoms with E-state index in [4.69, 9.17) is 4.74 Å². The lowest BCUT2D eigenvalue weighted by atomic mass is 10.1. The molecule has 0 bridgehead atoms. The second kappa shape index (κ2) is 8.96. The summed E-state index contributed by atoms with van der Waals surface area (Å²) in [4.78, 5) is 12.0. The third-order valence-corrected chi connectivity index (χ3v) is 3.97. The van der Waals surface area contributed by atoms with Crippen molar-refractivity contribution in [2.45, 2.75) is 33.6 Å². The van der Waals surface area contributed by atoms with Crippen LogP contribution in [0.25, 0.3) is 0 Å². The summed E-state index contributed by atoms with van der Waals surface area (Å²) in [5.41, 5.74) is 4.38. The molecule has 0 atom stereocenters. The number of hydrogen-bond donors (Lipinski definition) is 2. The molecule has 0 fully saturated rings. The van der Waals surface area contributed by atoms with Crippen molar-refractivity contribution in [2.75, 3.05) is 18.5 Å². The molecule has 24 heavy (non-hydrogen) atoms. The Kier molecular flexibility index (Phi) is 6.67. The van der Waals surface area contributed by atoms with Crippen LogP contribution in [0.5, 0.6) is 5.75 Å². The predicted molar refractivity (Wildman–Crippen MR) is 98.9 cm³/mol. The SMILES string of the molecule is CCc1ccc(OCCNC(=O)Nc2c(C)cccc2CC)cc1. The fourth-order valence-electron chi connectivity index (χ4n) is 2.51. The number of benzene rings is 2. The highest BCUT2D eigenvalue weighted by Gasteiger charge is 2.07. The maximum Gasteiger partial charge on any atom is 0.319 e. The minimum absolute atomic E-state index is 0.205. The van der Waals surface area contributed by atoms with Gasteiger partial charge in [0.2, 0.25) is 0 Å². The van der Waals surface area contributed by atoms with Crippen LogP contribution < -0.4 is 15.4 Å². The average molecular weight is 326 g/mol. The molecule has 0 aliphatic rings. The van der Waals surface area contributed by atoms with E-state index in [1.54, 1.807) is 0 Å². The molecule has 0 aromatic heterocycles. The lowest BCUT2D eigenvalue weighted by molar-refractivity contribution is 0.247. The minimum Gasteiger partial charge on any atom is -0.492 e. The zero-order chi connectivity index (χ0) is 17.4. The molecule has 0 heterocycles. The van der Waals surface area contributed by atoms with Crippen LogP contribution in [0.3, 0.4) is 0 Å². The Balaban J connectivity index is 1.77. The standard InChI is InChI=1S/C20H26N2O2/c1-4-16-9-11-18(12-10-16)24-14-13-21-20(23)22-19-15(3)7-6-8-17(19)5-2/h6-12H,4-5,13-14H2,1-3H3,(H2,21,22,23). The van der Waals surface area contributed by atoms with Gasteiger partial charge < -0.3 is 15.4 Å². The van der Waals surface area contributed by atoms with Crippen LogP contribution in [-0.4, -0.2) is 19.2 Å². The van der Waals surface area contributed by atoms with Crippen molar-refractivity contribution in [3.8, 4) is 5.75 Å². The van der Waals surface area contributed by atoms with Crippen molar-refractivity contribution in [1.29, 1.82) is 0 Å². The maximum atomic E-state index is 12.0. The summed E-state index contributed by atoms with van der Waals surface area (Å²) in [6.07, 6.45) is 1.90. The number of carbonyl (C=O) groups excluding carboxylic acids is 1. The van der Waals surface area contributed by atoms with Crippen LogP contribution in [0.4, 0.5) is 10.5 Å². The van der Waals surface area contributed by atoms with Crippen molar-refractivity contribution in [2.24, 2.45) is 0 Å². The lowest BCUT2D eigenvalue weighted by Crippen LogP contribution is -2.32. The number of ether oxygens (including phenoxy) is 1. The number of urea groups is 1. The Bertz CT molecular complexity index is 666. The molecule has 2 rings (SSSR count). The Morgan fingerprint density at radius 3 is 2.46 bits per heavy atom. The van der Waals surface area contributed by atoms with Gasteiger partial charge in [-0.15, -0.1) is 0 Å². The van der Waals surface area contributed by atoms with Gasteiger partial charge in [0.25, 0.3) is 0 Å². The monoisotopic (exact) mass is 326 g/mol. The van der Waals surface area contributed by atoms with E-state index in [9.17, 15) is 4.79 Å². The first kappa shape index (κ1) is 17.9. The van der Waals surface area contributed by atoms with Gasteiger partial charge in [-0.3, -0.25) is 0 Å². The number of rotatable bonds is 7. The van der Waals surface area contributed by atoms with Crippen molar-refractivity contribution in [1.82, 2.24) is 5.32 Å². The average Bonchev–Trinajstić information content (AvgIpc) is 2.61. The number of amides is 2.